The van der Waals surface area contributed by atoms with Gasteiger partial charge >= 0.3 is 0 Å². The largest absolute Gasteiger partial charge is 0.322 e. The van der Waals surface area contributed by atoms with Crippen molar-refractivity contribution in [1.29, 1.82) is 0 Å². The fourth-order valence-corrected chi connectivity index (χ4v) is 2.57. The zero-order valence-electron chi connectivity index (χ0n) is 10.1. The maximum absolute atomic E-state index is 5.89. The number of rotatable bonds is 2. The van der Waals surface area contributed by atoms with Crippen LogP contribution in [0.15, 0.2) is 0 Å². The highest BCUT2D eigenvalue weighted by Crippen LogP contribution is 2.32. The number of hydrogen-bond acceptors (Lipinski definition) is 4. The highest BCUT2D eigenvalue weighted by molar-refractivity contribution is 4.91. The summed E-state index contributed by atoms with van der Waals surface area (Å²) in [5.74, 6) is 1.46. The fraction of sp³-hybridized carbons (Fsp3) is 0.909. The third-order valence-electron chi connectivity index (χ3n) is 3.56. The SMILES string of the molecule is CC(N)c1nnnn1C1CCCCCC1C. The molecule has 0 amide bonds. The van der Waals surface area contributed by atoms with Crippen LogP contribution >= 0.6 is 0 Å². The van der Waals surface area contributed by atoms with Crippen LogP contribution in [-0.2, 0) is 0 Å². The average molecular weight is 223 g/mol. The van der Waals surface area contributed by atoms with Crippen LogP contribution in [0.4, 0.5) is 0 Å². The lowest BCUT2D eigenvalue weighted by Gasteiger charge is -2.23. The average Bonchev–Trinajstić information content (AvgIpc) is 2.63. The van der Waals surface area contributed by atoms with Crippen LogP contribution < -0.4 is 5.73 Å². The topological polar surface area (TPSA) is 69.6 Å². The number of nitrogens with two attached hydrogens (primary N) is 1. The molecule has 3 unspecified atom stereocenters. The molecule has 0 bridgehead atoms. The van der Waals surface area contributed by atoms with E-state index in [0.717, 1.165) is 5.82 Å². The lowest BCUT2D eigenvalue weighted by atomic mass is 9.97. The Hall–Kier alpha value is -0.970. The van der Waals surface area contributed by atoms with Crippen molar-refractivity contribution < 1.29 is 0 Å². The molecular weight excluding hydrogens is 202 g/mol. The van der Waals surface area contributed by atoms with Crippen molar-refractivity contribution in [1.82, 2.24) is 20.2 Å². The Morgan fingerprint density at radius 2 is 2.06 bits per heavy atom. The number of nitrogens with zero attached hydrogens (tertiary/aromatic N) is 4. The van der Waals surface area contributed by atoms with Crippen molar-refractivity contribution in [2.45, 2.75) is 58.0 Å². The zero-order chi connectivity index (χ0) is 11.5. The lowest BCUT2D eigenvalue weighted by molar-refractivity contribution is 0.293. The summed E-state index contributed by atoms with van der Waals surface area (Å²) in [5, 5.41) is 11.9. The zero-order valence-corrected chi connectivity index (χ0v) is 10.1. The molecule has 2 N–H and O–H groups in total. The van der Waals surface area contributed by atoms with Gasteiger partial charge in [-0.05, 0) is 36.1 Å². The van der Waals surface area contributed by atoms with Gasteiger partial charge in [0.1, 0.15) is 0 Å². The molecule has 0 saturated heterocycles. The van der Waals surface area contributed by atoms with E-state index >= 15 is 0 Å². The number of tetrazole rings is 1. The summed E-state index contributed by atoms with van der Waals surface area (Å²) in [6.45, 7) is 4.23. The fourth-order valence-electron chi connectivity index (χ4n) is 2.57. The van der Waals surface area contributed by atoms with E-state index in [1.807, 2.05) is 11.6 Å². The molecule has 0 aliphatic heterocycles. The lowest BCUT2D eigenvalue weighted by Crippen LogP contribution is -2.23. The molecule has 1 aliphatic rings. The third-order valence-corrected chi connectivity index (χ3v) is 3.56. The van der Waals surface area contributed by atoms with Gasteiger partial charge in [0.25, 0.3) is 0 Å². The Labute approximate surface area is 96.4 Å². The molecule has 1 fully saturated rings. The van der Waals surface area contributed by atoms with Crippen LogP contribution in [0.2, 0.25) is 0 Å². The molecule has 5 nitrogen and oxygen atoms in total. The van der Waals surface area contributed by atoms with Crippen molar-refractivity contribution in [2.75, 3.05) is 0 Å². The van der Waals surface area contributed by atoms with Crippen LogP contribution in [-0.4, -0.2) is 20.2 Å². The van der Waals surface area contributed by atoms with Crippen molar-refractivity contribution in [3.8, 4) is 0 Å². The van der Waals surface area contributed by atoms with Gasteiger partial charge in [-0.2, -0.15) is 0 Å². The van der Waals surface area contributed by atoms with E-state index in [2.05, 4.69) is 22.4 Å². The van der Waals surface area contributed by atoms with Gasteiger partial charge in [-0.1, -0.05) is 26.2 Å². The molecule has 1 aromatic heterocycles. The van der Waals surface area contributed by atoms with Gasteiger partial charge in [0.05, 0.1) is 12.1 Å². The minimum atomic E-state index is -0.0922. The van der Waals surface area contributed by atoms with Gasteiger partial charge in [0.15, 0.2) is 5.82 Å². The minimum absolute atomic E-state index is 0.0922. The molecular formula is C11H21N5. The van der Waals surface area contributed by atoms with Crippen LogP contribution in [0.1, 0.15) is 63.9 Å². The Morgan fingerprint density at radius 3 is 2.81 bits per heavy atom. The summed E-state index contributed by atoms with van der Waals surface area (Å²) in [6, 6.07) is 0.337. The smallest absolute Gasteiger partial charge is 0.167 e. The first-order chi connectivity index (χ1) is 7.70. The standard InChI is InChI=1S/C11H21N5/c1-8-6-4-3-5-7-10(8)16-11(9(2)12)13-14-15-16/h8-10H,3-7,12H2,1-2H3. The van der Waals surface area contributed by atoms with Gasteiger partial charge in [0.2, 0.25) is 0 Å². The van der Waals surface area contributed by atoms with Crippen LogP contribution in [0.3, 0.4) is 0 Å². The summed E-state index contributed by atoms with van der Waals surface area (Å²) in [6.07, 6.45) is 6.37. The van der Waals surface area contributed by atoms with E-state index in [1.165, 1.54) is 32.1 Å². The third kappa shape index (κ3) is 2.24. The summed E-state index contributed by atoms with van der Waals surface area (Å²) in [5.41, 5.74) is 5.89. The maximum Gasteiger partial charge on any atom is 0.167 e. The summed E-state index contributed by atoms with van der Waals surface area (Å²) < 4.78 is 1.96. The monoisotopic (exact) mass is 223 g/mol. The molecule has 0 spiro atoms. The summed E-state index contributed by atoms with van der Waals surface area (Å²) in [7, 11) is 0. The molecule has 0 aromatic carbocycles. The van der Waals surface area contributed by atoms with E-state index in [-0.39, 0.29) is 6.04 Å². The molecule has 2 rings (SSSR count). The Morgan fingerprint density at radius 1 is 1.31 bits per heavy atom. The molecule has 1 heterocycles. The molecule has 1 aliphatic carbocycles. The molecule has 3 atom stereocenters. The van der Waals surface area contributed by atoms with Crippen molar-refractivity contribution in [3.63, 3.8) is 0 Å². The maximum atomic E-state index is 5.89. The van der Waals surface area contributed by atoms with Gasteiger partial charge in [-0.3, -0.25) is 0 Å². The predicted molar refractivity (Wildman–Crippen MR) is 61.7 cm³/mol. The number of aromatic nitrogens is 4. The molecule has 16 heavy (non-hydrogen) atoms. The van der Waals surface area contributed by atoms with E-state index in [9.17, 15) is 0 Å². The van der Waals surface area contributed by atoms with Crippen LogP contribution in [0.5, 0.6) is 0 Å². The second-order valence-electron chi connectivity index (χ2n) is 4.95. The van der Waals surface area contributed by atoms with Gasteiger partial charge in [-0.15, -0.1) is 5.10 Å². The summed E-state index contributed by atoms with van der Waals surface area (Å²) in [4.78, 5) is 0. The quantitative estimate of drug-likeness (QED) is 0.777. The predicted octanol–water partition coefficient (Wildman–Crippen LogP) is 1.83. The molecule has 90 valence electrons. The van der Waals surface area contributed by atoms with E-state index in [0.29, 0.717) is 12.0 Å². The Balaban J connectivity index is 2.23. The Bertz CT molecular complexity index is 333. The molecule has 5 heteroatoms. The first-order valence-electron chi connectivity index (χ1n) is 6.23. The van der Waals surface area contributed by atoms with Crippen LogP contribution in [0, 0.1) is 5.92 Å². The van der Waals surface area contributed by atoms with Crippen molar-refractivity contribution in [3.05, 3.63) is 5.82 Å². The van der Waals surface area contributed by atoms with Crippen molar-refractivity contribution >= 4 is 0 Å². The molecule has 1 saturated carbocycles. The van der Waals surface area contributed by atoms with E-state index in [1.54, 1.807) is 0 Å². The first kappa shape index (κ1) is 11.5. The van der Waals surface area contributed by atoms with E-state index < -0.39 is 0 Å². The second-order valence-corrected chi connectivity index (χ2v) is 4.95. The highest BCUT2D eigenvalue weighted by Gasteiger charge is 2.25. The molecule has 1 aromatic rings. The highest BCUT2D eigenvalue weighted by atomic mass is 15.6. The Kier molecular flexibility index (Phi) is 3.53. The van der Waals surface area contributed by atoms with Gasteiger partial charge < -0.3 is 5.73 Å². The van der Waals surface area contributed by atoms with Gasteiger partial charge in [-0.25, -0.2) is 4.68 Å². The van der Waals surface area contributed by atoms with Crippen molar-refractivity contribution in [2.24, 2.45) is 11.7 Å². The first-order valence-corrected chi connectivity index (χ1v) is 6.23. The van der Waals surface area contributed by atoms with E-state index in [4.69, 9.17) is 5.73 Å². The number of hydrogen-bond donors (Lipinski definition) is 1. The molecule has 0 radical (unpaired) electrons. The minimum Gasteiger partial charge on any atom is -0.322 e. The normalized spacial score (nSPS) is 28.7. The summed E-state index contributed by atoms with van der Waals surface area (Å²) >= 11 is 0. The second kappa shape index (κ2) is 4.91. The van der Waals surface area contributed by atoms with Gasteiger partial charge in [0, 0.05) is 0 Å². The van der Waals surface area contributed by atoms with Crippen LogP contribution in [0.25, 0.3) is 0 Å².